The third-order valence-corrected chi connectivity index (χ3v) is 6.53. The highest BCUT2D eigenvalue weighted by atomic mass is 35.5. The number of halogens is 4. The van der Waals surface area contributed by atoms with Crippen LogP contribution in [0.25, 0.3) is 0 Å². The molecular weight excluding hydrogens is 519 g/mol. The zero-order valence-electron chi connectivity index (χ0n) is 19.8. The number of hydrogen-bond donors (Lipinski definition) is 0. The summed E-state index contributed by atoms with van der Waals surface area (Å²) in [6.07, 6.45) is -2.25. The standard InChI is InChI=1S/C24H25ClF3N3O4S/c1-23(13-4-14-36-3)15-30(29-20(23)16-5-7-17(25)8-6-16)21(32)31(22(33)34-2)18-9-11-19(12-10-18)35-24(26,27)28/h5-12H,4,13-15H2,1-3H3. The predicted octanol–water partition coefficient (Wildman–Crippen LogP) is 6.80. The number of ether oxygens (including phenoxy) is 2. The van der Waals surface area contributed by atoms with E-state index in [4.69, 9.17) is 16.3 Å². The van der Waals surface area contributed by atoms with Gasteiger partial charge in [0.1, 0.15) is 5.75 Å². The Hall–Kier alpha value is -2.92. The van der Waals surface area contributed by atoms with Crippen LogP contribution in [0.2, 0.25) is 5.02 Å². The number of imide groups is 1. The van der Waals surface area contributed by atoms with E-state index in [0.717, 1.165) is 55.5 Å². The van der Waals surface area contributed by atoms with Gasteiger partial charge < -0.3 is 9.47 Å². The average Bonchev–Trinajstić information content (AvgIpc) is 3.17. The SMILES string of the molecule is COC(=O)N(C(=O)N1CC(C)(CCCSC)C(c2ccc(Cl)cc2)=N1)c1ccc(OC(F)(F)F)cc1. The Balaban J connectivity index is 1.94. The second kappa shape index (κ2) is 11.4. The lowest BCUT2D eigenvalue weighted by molar-refractivity contribution is -0.274. The predicted molar refractivity (Wildman–Crippen MR) is 134 cm³/mol. The Kier molecular flexibility index (Phi) is 8.78. The van der Waals surface area contributed by atoms with Crippen LogP contribution in [-0.2, 0) is 4.74 Å². The quantitative estimate of drug-likeness (QED) is 0.359. The highest BCUT2D eigenvalue weighted by Crippen LogP contribution is 2.37. The van der Waals surface area contributed by atoms with Crippen LogP contribution in [0, 0.1) is 5.41 Å². The molecular formula is C24H25ClF3N3O4S. The van der Waals surface area contributed by atoms with Crippen LogP contribution in [0.15, 0.2) is 53.6 Å². The molecule has 1 aliphatic heterocycles. The number of hydrazone groups is 1. The zero-order chi connectivity index (χ0) is 26.5. The van der Waals surface area contributed by atoms with E-state index in [2.05, 4.69) is 9.84 Å². The number of anilines is 1. The largest absolute Gasteiger partial charge is 0.573 e. The first-order valence-corrected chi connectivity index (χ1v) is 12.6. The van der Waals surface area contributed by atoms with E-state index in [0.29, 0.717) is 15.6 Å². The summed E-state index contributed by atoms with van der Waals surface area (Å²) in [7, 11) is 1.10. The van der Waals surface area contributed by atoms with Crippen LogP contribution in [0.4, 0.5) is 28.4 Å². The van der Waals surface area contributed by atoms with Crippen molar-refractivity contribution in [3.05, 3.63) is 59.1 Å². The summed E-state index contributed by atoms with van der Waals surface area (Å²) in [5, 5.41) is 6.32. The average molecular weight is 544 g/mol. The molecule has 3 rings (SSSR count). The highest BCUT2D eigenvalue weighted by molar-refractivity contribution is 7.98. The third-order valence-electron chi connectivity index (χ3n) is 5.58. The number of amides is 3. The summed E-state index contributed by atoms with van der Waals surface area (Å²) in [5.41, 5.74) is 0.957. The number of nitrogens with zero attached hydrogens (tertiary/aromatic N) is 3. The van der Waals surface area contributed by atoms with Gasteiger partial charge >= 0.3 is 18.5 Å². The van der Waals surface area contributed by atoms with Gasteiger partial charge in [-0.3, -0.25) is 0 Å². The molecule has 0 N–H and O–H groups in total. The Bertz CT molecular complexity index is 1110. The zero-order valence-corrected chi connectivity index (χ0v) is 21.4. The van der Waals surface area contributed by atoms with Gasteiger partial charge in [-0.15, -0.1) is 13.2 Å². The molecule has 194 valence electrons. The number of hydrogen-bond acceptors (Lipinski definition) is 6. The van der Waals surface area contributed by atoms with Crippen molar-refractivity contribution in [2.24, 2.45) is 10.5 Å². The van der Waals surface area contributed by atoms with Gasteiger partial charge in [-0.05, 0) is 66.8 Å². The third kappa shape index (κ3) is 6.64. The molecule has 3 amide bonds. The molecule has 1 aliphatic rings. The van der Waals surface area contributed by atoms with Crippen molar-refractivity contribution in [2.75, 3.05) is 30.6 Å². The lowest BCUT2D eigenvalue weighted by Crippen LogP contribution is -2.45. The summed E-state index contributed by atoms with van der Waals surface area (Å²) in [6, 6.07) is 10.6. The summed E-state index contributed by atoms with van der Waals surface area (Å²) in [5.74, 6) is 0.437. The Morgan fingerprint density at radius 1 is 1.17 bits per heavy atom. The van der Waals surface area contributed by atoms with Crippen molar-refractivity contribution < 1.29 is 32.2 Å². The maximum atomic E-state index is 13.5. The molecule has 0 aromatic heterocycles. The number of alkyl halides is 3. The van der Waals surface area contributed by atoms with E-state index >= 15 is 0 Å². The van der Waals surface area contributed by atoms with E-state index in [-0.39, 0.29) is 12.2 Å². The maximum absolute atomic E-state index is 13.5. The summed E-state index contributed by atoms with van der Waals surface area (Å²) >= 11 is 7.76. The molecule has 0 aliphatic carbocycles. The number of methoxy groups -OCH3 is 1. The molecule has 1 atom stereocenters. The van der Waals surface area contributed by atoms with Gasteiger partial charge in [0.2, 0.25) is 0 Å². The highest BCUT2D eigenvalue weighted by Gasteiger charge is 2.43. The van der Waals surface area contributed by atoms with E-state index in [1.807, 2.05) is 25.3 Å². The first kappa shape index (κ1) is 27.7. The molecule has 7 nitrogen and oxygen atoms in total. The van der Waals surface area contributed by atoms with Crippen LogP contribution in [-0.4, -0.2) is 54.9 Å². The van der Waals surface area contributed by atoms with Gasteiger partial charge in [-0.1, -0.05) is 30.7 Å². The fraction of sp³-hybridized carbons (Fsp3) is 0.375. The minimum Gasteiger partial charge on any atom is -0.452 e. The lowest BCUT2D eigenvalue weighted by Gasteiger charge is -2.28. The van der Waals surface area contributed by atoms with Gasteiger partial charge in [-0.2, -0.15) is 21.8 Å². The molecule has 0 fully saturated rings. The normalized spacial score (nSPS) is 17.5. The minimum atomic E-state index is -4.87. The fourth-order valence-corrected chi connectivity index (χ4v) is 4.47. The van der Waals surface area contributed by atoms with E-state index in [1.54, 1.807) is 23.9 Å². The van der Waals surface area contributed by atoms with Gasteiger partial charge in [0, 0.05) is 10.4 Å². The van der Waals surface area contributed by atoms with Crippen molar-refractivity contribution in [1.82, 2.24) is 5.01 Å². The number of carbonyl (C=O) groups excluding carboxylic acids is 2. The van der Waals surface area contributed by atoms with Crippen LogP contribution in [0.3, 0.4) is 0 Å². The summed E-state index contributed by atoms with van der Waals surface area (Å²) in [6.45, 7) is 2.20. The van der Waals surface area contributed by atoms with E-state index < -0.39 is 29.7 Å². The summed E-state index contributed by atoms with van der Waals surface area (Å²) < 4.78 is 46.2. The van der Waals surface area contributed by atoms with Crippen molar-refractivity contribution in [3.8, 4) is 5.75 Å². The Labute approximate surface area is 216 Å². The molecule has 36 heavy (non-hydrogen) atoms. The molecule has 0 radical (unpaired) electrons. The lowest BCUT2D eigenvalue weighted by atomic mass is 9.78. The number of thioether (sulfide) groups is 1. The topological polar surface area (TPSA) is 71.4 Å². The second-order valence-corrected chi connectivity index (χ2v) is 9.72. The molecule has 0 saturated carbocycles. The molecule has 0 bridgehead atoms. The number of carbonyl (C=O) groups is 2. The Morgan fingerprint density at radius 2 is 1.81 bits per heavy atom. The number of rotatable bonds is 7. The van der Waals surface area contributed by atoms with Crippen molar-refractivity contribution in [1.29, 1.82) is 0 Å². The first-order chi connectivity index (χ1) is 17.0. The van der Waals surface area contributed by atoms with Crippen molar-refractivity contribution >= 4 is 46.9 Å². The minimum absolute atomic E-state index is 0.000559. The fourth-order valence-electron chi connectivity index (χ4n) is 3.91. The summed E-state index contributed by atoms with van der Waals surface area (Å²) in [4.78, 5) is 26.8. The van der Waals surface area contributed by atoms with Gasteiger partial charge in [-0.25, -0.2) is 14.6 Å². The second-order valence-electron chi connectivity index (χ2n) is 8.30. The Morgan fingerprint density at radius 3 is 2.36 bits per heavy atom. The van der Waals surface area contributed by atoms with Gasteiger partial charge in [0.05, 0.1) is 25.1 Å². The van der Waals surface area contributed by atoms with Crippen LogP contribution < -0.4 is 9.64 Å². The number of urea groups is 1. The van der Waals surface area contributed by atoms with E-state index in [1.165, 1.54) is 5.01 Å². The van der Waals surface area contributed by atoms with Gasteiger partial charge in [0.15, 0.2) is 0 Å². The van der Waals surface area contributed by atoms with Crippen LogP contribution in [0.1, 0.15) is 25.3 Å². The molecule has 1 heterocycles. The van der Waals surface area contributed by atoms with Crippen molar-refractivity contribution in [3.63, 3.8) is 0 Å². The van der Waals surface area contributed by atoms with Crippen LogP contribution in [0.5, 0.6) is 5.75 Å². The molecule has 2 aromatic carbocycles. The number of benzene rings is 2. The molecule has 1 unspecified atom stereocenters. The molecule has 0 spiro atoms. The van der Waals surface area contributed by atoms with Crippen molar-refractivity contribution in [2.45, 2.75) is 26.1 Å². The smallest absolute Gasteiger partial charge is 0.452 e. The van der Waals surface area contributed by atoms with E-state index in [9.17, 15) is 22.8 Å². The first-order valence-electron chi connectivity index (χ1n) is 10.9. The molecule has 0 saturated heterocycles. The molecule has 12 heteroatoms. The maximum Gasteiger partial charge on any atom is 0.573 e. The molecule has 2 aromatic rings. The van der Waals surface area contributed by atoms with Gasteiger partial charge in [0.25, 0.3) is 0 Å². The monoisotopic (exact) mass is 543 g/mol. The van der Waals surface area contributed by atoms with Crippen LogP contribution >= 0.6 is 23.4 Å².